The second-order valence-corrected chi connectivity index (χ2v) is 12.7. The van der Waals surface area contributed by atoms with E-state index in [0.717, 1.165) is 5.56 Å². The van der Waals surface area contributed by atoms with Crippen LogP contribution in [0.15, 0.2) is 60.7 Å². The van der Waals surface area contributed by atoms with E-state index in [2.05, 4.69) is 31.6 Å². The fourth-order valence-corrected chi connectivity index (χ4v) is 5.60. The molecule has 3 aromatic rings. The highest BCUT2D eigenvalue weighted by atomic mass is 16.5. The maximum absolute atomic E-state index is 13.8. The third kappa shape index (κ3) is 9.77. The van der Waals surface area contributed by atoms with Crippen LogP contribution in [0.4, 0.5) is 0 Å². The van der Waals surface area contributed by atoms with Gasteiger partial charge in [-0.25, -0.2) is 4.98 Å². The van der Waals surface area contributed by atoms with E-state index in [1.54, 1.807) is 38.1 Å². The molecule has 1 aliphatic rings. The van der Waals surface area contributed by atoms with Crippen LogP contribution in [0.1, 0.15) is 49.5 Å². The Morgan fingerprint density at radius 2 is 1.66 bits per heavy atom. The molecule has 1 aliphatic heterocycles. The fourth-order valence-electron chi connectivity index (χ4n) is 5.60. The van der Waals surface area contributed by atoms with E-state index in [9.17, 15) is 28.8 Å². The van der Waals surface area contributed by atoms with E-state index in [4.69, 9.17) is 4.74 Å². The molecule has 4 rings (SSSR count). The SMILES string of the molecule is COc1cc(C(=O)N[C@H]2CCCNC(=O)CN(C)C(=O)[C@H](Cc3ccccc3)NC(=O)[C@@H](C)NC(=O)[C@@H](C(C)C)NC2=O)c2ccccc2n1. The molecular weight excluding hydrogens is 642 g/mol. The monoisotopic (exact) mass is 687 g/mol. The topological polar surface area (TPSA) is 188 Å². The number of carbonyl (C=O) groups excluding carboxylic acids is 6. The van der Waals surface area contributed by atoms with Crippen molar-refractivity contribution in [2.45, 2.75) is 64.2 Å². The number of pyridine rings is 1. The number of benzene rings is 2. The number of methoxy groups -OCH3 is 1. The summed E-state index contributed by atoms with van der Waals surface area (Å²) in [5.41, 5.74) is 1.56. The first-order valence-corrected chi connectivity index (χ1v) is 16.6. The van der Waals surface area contributed by atoms with Gasteiger partial charge in [0.05, 0.1) is 24.7 Å². The summed E-state index contributed by atoms with van der Waals surface area (Å²) in [5.74, 6) is -3.50. The first-order chi connectivity index (χ1) is 23.9. The molecule has 0 spiro atoms. The normalized spacial score (nSPS) is 21.7. The van der Waals surface area contributed by atoms with Crippen molar-refractivity contribution in [1.29, 1.82) is 0 Å². The van der Waals surface area contributed by atoms with Crippen LogP contribution in [0.5, 0.6) is 5.88 Å². The highest BCUT2D eigenvalue weighted by molar-refractivity contribution is 6.08. The molecule has 5 N–H and O–H groups in total. The highest BCUT2D eigenvalue weighted by Crippen LogP contribution is 2.22. The van der Waals surface area contributed by atoms with E-state index in [1.807, 2.05) is 30.3 Å². The number of fused-ring (bicyclic) bond motifs is 1. The summed E-state index contributed by atoms with van der Waals surface area (Å²) < 4.78 is 5.29. The standard InChI is InChI=1S/C36H45N7O7/c1-21(2)31-35(48)38-22(3)32(45)41-28(18-23-12-7-6-8-13-23)36(49)43(4)20-29(44)37-17-11-16-27(34(47)42-31)40-33(46)25-19-30(50-5)39-26-15-10-9-14-24(25)26/h6-10,12-15,19,21-22,27-28,31H,11,16-18,20H2,1-5H3,(H,37,44)(H,38,48)(H,40,46)(H,41,45)(H,42,47)/t22-,27+,28+,31-/m1/s1. The molecule has 4 atom stereocenters. The lowest BCUT2D eigenvalue weighted by Crippen LogP contribution is -2.59. The van der Waals surface area contributed by atoms with Gasteiger partial charge in [0.1, 0.15) is 24.2 Å². The van der Waals surface area contributed by atoms with Gasteiger partial charge in [0.15, 0.2) is 0 Å². The Kier molecular flexibility index (Phi) is 12.8. The number of carbonyl (C=O) groups is 6. The van der Waals surface area contributed by atoms with Crippen LogP contribution in [-0.2, 0) is 30.4 Å². The summed E-state index contributed by atoms with van der Waals surface area (Å²) in [5, 5.41) is 14.2. The molecule has 1 aromatic heterocycles. The molecule has 0 aliphatic carbocycles. The Morgan fingerprint density at radius 3 is 2.36 bits per heavy atom. The van der Waals surface area contributed by atoms with E-state index in [0.29, 0.717) is 10.9 Å². The zero-order valence-corrected chi connectivity index (χ0v) is 28.9. The van der Waals surface area contributed by atoms with Crippen LogP contribution < -0.4 is 31.3 Å². The minimum Gasteiger partial charge on any atom is -0.481 e. The first kappa shape index (κ1) is 37.3. The molecule has 266 valence electrons. The highest BCUT2D eigenvalue weighted by Gasteiger charge is 2.33. The number of nitrogens with one attached hydrogen (secondary N) is 5. The van der Waals surface area contributed by atoms with Gasteiger partial charge in [0.2, 0.25) is 35.4 Å². The van der Waals surface area contributed by atoms with Crippen molar-refractivity contribution in [3.05, 3.63) is 71.8 Å². The average molecular weight is 688 g/mol. The average Bonchev–Trinajstić information content (AvgIpc) is 3.10. The van der Waals surface area contributed by atoms with Crippen LogP contribution in [0.3, 0.4) is 0 Å². The number of ether oxygens (including phenoxy) is 1. The minimum absolute atomic E-state index is 0.108. The predicted octanol–water partition coefficient (Wildman–Crippen LogP) is 1.08. The second kappa shape index (κ2) is 17.2. The number of amides is 6. The van der Waals surface area contributed by atoms with E-state index < -0.39 is 65.5 Å². The number of para-hydroxylation sites is 1. The molecule has 2 heterocycles. The fraction of sp³-hybridized carbons (Fsp3) is 0.417. The number of aromatic nitrogens is 1. The Labute approximate surface area is 291 Å². The van der Waals surface area contributed by atoms with Crippen molar-refractivity contribution in [3.8, 4) is 5.88 Å². The third-order valence-electron chi connectivity index (χ3n) is 8.41. The van der Waals surface area contributed by atoms with Crippen molar-refractivity contribution >= 4 is 46.3 Å². The maximum Gasteiger partial charge on any atom is 0.252 e. The van der Waals surface area contributed by atoms with Gasteiger partial charge in [-0.3, -0.25) is 28.8 Å². The molecule has 0 radical (unpaired) electrons. The largest absolute Gasteiger partial charge is 0.481 e. The molecule has 1 saturated heterocycles. The Hall–Kier alpha value is -5.53. The summed E-state index contributed by atoms with van der Waals surface area (Å²) >= 11 is 0. The molecule has 50 heavy (non-hydrogen) atoms. The third-order valence-corrected chi connectivity index (χ3v) is 8.41. The van der Waals surface area contributed by atoms with Gasteiger partial charge in [-0.05, 0) is 37.3 Å². The lowest BCUT2D eigenvalue weighted by Gasteiger charge is -2.28. The molecule has 0 saturated carbocycles. The van der Waals surface area contributed by atoms with E-state index in [1.165, 1.54) is 32.0 Å². The van der Waals surface area contributed by atoms with Gasteiger partial charge in [0, 0.05) is 31.5 Å². The smallest absolute Gasteiger partial charge is 0.252 e. The van der Waals surface area contributed by atoms with Gasteiger partial charge in [0.25, 0.3) is 5.91 Å². The van der Waals surface area contributed by atoms with Crippen molar-refractivity contribution in [1.82, 2.24) is 36.5 Å². The van der Waals surface area contributed by atoms with Gasteiger partial charge >= 0.3 is 0 Å². The van der Waals surface area contributed by atoms with Crippen LogP contribution in [0.25, 0.3) is 10.9 Å². The summed E-state index contributed by atoms with van der Waals surface area (Å²) in [6.45, 7) is 4.82. The van der Waals surface area contributed by atoms with Crippen molar-refractivity contribution < 1.29 is 33.5 Å². The van der Waals surface area contributed by atoms with E-state index >= 15 is 0 Å². The summed E-state index contributed by atoms with van der Waals surface area (Å²) in [4.78, 5) is 86.3. The molecule has 0 unspecified atom stereocenters. The minimum atomic E-state index is -1.10. The summed E-state index contributed by atoms with van der Waals surface area (Å²) in [7, 11) is 2.90. The van der Waals surface area contributed by atoms with Gasteiger partial charge in [-0.15, -0.1) is 0 Å². The molecule has 1 fully saturated rings. The van der Waals surface area contributed by atoms with Crippen LogP contribution >= 0.6 is 0 Å². The molecular formula is C36H45N7O7. The molecule has 14 heteroatoms. The zero-order valence-electron chi connectivity index (χ0n) is 28.9. The maximum atomic E-state index is 13.8. The van der Waals surface area contributed by atoms with Gasteiger partial charge in [-0.1, -0.05) is 62.4 Å². The van der Waals surface area contributed by atoms with Crippen LogP contribution in [0.2, 0.25) is 0 Å². The number of rotatable bonds is 6. The van der Waals surface area contributed by atoms with Gasteiger partial charge in [-0.2, -0.15) is 0 Å². The van der Waals surface area contributed by atoms with Crippen molar-refractivity contribution in [3.63, 3.8) is 0 Å². The van der Waals surface area contributed by atoms with Crippen LogP contribution in [0, 0.1) is 5.92 Å². The zero-order chi connectivity index (χ0) is 36.4. The van der Waals surface area contributed by atoms with Crippen molar-refractivity contribution in [2.75, 3.05) is 27.2 Å². The number of likely N-dealkylation sites (N-methyl/N-ethyl adjacent to an activating group) is 1. The molecule has 0 bridgehead atoms. The second-order valence-electron chi connectivity index (χ2n) is 12.7. The Balaban J connectivity index is 1.59. The lowest BCUT2D eigenvalue weighted by molar-refractivity contribution is -0.139. The Bertz CT molecular complexity index is 1720. The summed E-state index contributed by atoms with van der Waals surface area (Å²) in [6.07, 6.45) is 0.555. The summed E-state index contributed by atoms with van der Waals surface area (Å²) in [6, 6.07) is 13.4. The lowest BCUT2D eigenvalue weighted by atomic mass is 10.0. The molecule has 6 amide bonds. The van der Waals surface area contributed by atoms with E-state index in [-0.39, 0.29) is 43.8 Å². The first-order valence-electron chi connectivity index (χ1n) is 16.6. The molecule has 14 nitrogen and oxygen atoms in total. The quantitative estimate of drug-likeness (QED) is 0.255. The number of hydrogen-bond donors (Lipinski definition) is 5. The number of nitrogens with zero attached hydrogens (tertiary/aromatic N) is 2. The predicted molar refractivity (Wildman–Crippen MR) is 186 cm³/mol. The Morgan fingerprint density at radius 1 is 0.960 bits per heavy atom. The van der Waals surface area contributed by atoms with Crippen LogP contribution in [-0.4, -0.2) is 96.7 Å². The number of hydrogen-bond acceptors (Lipinski definition) is 8. The van der Waals surface area contributed by atoms with Gasteiger partial charge < -0.3 is 36.2 Å². The molecule has 2 aromatic carbocycles. The van der Waals surface area contributed by atoms with Crippen molar-refractivity contribution in [2.24, 2.45) is 5.92 Å².